The first-order chi connectivity index (χ1) is 12.4. The molecule has 2 heterocycles. The van der Waals surface area contributed by atoms with Gasteiger partial charge < -0.3 is 10.3 Å². The molecule has 0 saturated heterocycles. The number of rotatable bonds is 3. The summed E-state index contributed by atoms with van der Waals surface area (Å²) in [6, 6.07) is 10.5. The molecule has 3 aliphatic rings. The molecule has 1 aliphatic heterocycles. The van der Waals surface area contributed by atoms with E-state index in [-0.39, 0.29) is 5.41 Å². The van der Waals surface area contributed by atoms with Gasteiger partial charge in [-0.2, -0.15) is 0 Å². The van der Waals surface area contributed by atoms with Gasteiger partial charge >= 0.3 is 0 Å². The summed E-state index contributed by atoms with van der Waals surface area (Å²) >= 11 is 0. The van der Waals surface area contributed by atoms with Crippen LogP contribution in [0, 0.1) is 5.92 Å². The van der Waals surface area contributed by atoms with Crippen molar-refractivity contribution in [3.05, 3.63) is 95.8 Å². The fraction of sp³-hybridized carbons (Fsp3) is 0.227. The first-order valence-electron chi connectivity index (χ1n) is 9.01. The van der Waals surface area contributed by atoms with Crippen molar-refractivity contribution in [1.29, 1.82) is 0 Å². The van der Waals surface area contributed by atoms with Gasteiger partial charge in [-0.05, 0) is 42.0 Å². The van der Waals surface area contributed by atoms with Gasteiger partial charge in [0, 0.05) is 23.3 Å². The number of fused-ring (bicyclic) bond motifs is 1. The number of H-pyrrole nitrogens is 1. The van der Waals surface area contributed by atoms with Gasteiger partial charge in [-0.15, -0.1) is 0 Å². The van der Waals surface area contributed by atoms with Crippen LogP contribution in [0.25, 0.3) is 5.70 Å². The Morgan fingerprint density at radius 1 is 1.04 bits per heavy atom. The molecule has 2 N–H and O–H groups in total. The topological polar surface area (TPSA) is 40.7 Å². The molecule has 0 spiro atoms. The van der Waals surface area contributed by atoms with Crippen molar-refractivity contribution >= 4 is 5.70 Å². The lowest BCUT2D eigenvalue weighted by Crippen LogP contribution is -2.39. The Bertz CT molecular complexity index is 896. The summed E-state index contributed by atoms with van der Waals surface area (Å²) in [4.78, 5) is 7.65. The lowest BCUT2D eigenvalue weighted by molar-refractivity contribution is 0.234. The molecule has 124 valence electrons. The van der Waals surface area contributed by atoms with Crippen LogP contribution in [-0.2, 0) is 5.41 Å². The molecule has 3 heteroatoms. The zero-order chi connectivity index (χ0) is 16.7. The Hall–Kier alpha value is -2.81. The lowest BCUT2D eigenvalue weighted by Gasteiger charge is -2.43. The maximum atomic E-state index is 4.28. The number of nitrogens with one attached hydrogen (secondary N) is 2. The molecular formula is C22H21N3. The molecule has 2 aromatic rings. The average molecular weight is 327 g/mol. The number of hydrogen-bond acceptors (Lipinski definition) is 2. The van der Waals surface area contributed by atoms with Crippen molar-refractivity contribution in [1.82, 2.24) is 15.3 Å². The highest BCUT2D eigenvalue weighted by atomic mass is 14.9. The number of aromatic amines is 1. The van der Waals surface area contributed by atoms with Gasteiger partial charge in [0.05, 0.1) is 11.7 Å². The third-order valence-electron chi connectivity index (χ3n) is 5.76. The molecule has 0 radical (unpaired) electrons. The average Bonchev–Trinajstić information content (AvgIpc) is 3.16. The molecule has 1 saturated carbocycles. The maximum Gasteiger partial charge on any atom is 0.0922 e. The number of imidazole rings is 1. The van der Waals surface area contributed by atoms with Crippen LogP contribution in [0.1, 0.15) is 30.5 Å². The van der Waals surface area contributed by atoms with Crippen LogP contribution in [0.5, 0.6) is 0 Å². The summed E-state index contributed by atoms with van der Waals surface area (Å²) in [6.07, 6.45) is 19.0. The second-order valence-corrected chi connectivity index (χ2v) is 7.11. The van der Waals surface area contributed by atoms with Crippen LogP contribution in [-0.4, -0.2) is 9.97 Å². The predicted octanol–water partition coefficient (Wildman–Crippen LogP) is 4.47. The first kappa shape index (κ1) is 14.5. The third kappa shape index (κ3) is 2.30. The Kier molecular flexibility index (Phi) is 3.27. The molecule has 2 aliphatic carbocycles. The summed E-state index contributed by atoms with van der Waals surface area (Å²) < 4.78 is 0. The highest BCUT2D eigenvalue weighted by Gasteiger charge is 2.43. The molecule has 1 fully saturated rings. The van der Waals surface area contributed by atoms with Gasteiger partial charge in [-0.25, -0.2) is 4.98 Å². The number of allylic oxidation sites excluding steroid dienone is 5. The second kappa shape index (κ2) is 5.62. The SMILES string of the molecule is C1=CC(c2cnc[nH]2)(C2CCC2)C=C2NC(c3ccccc3)=CC=C12. The minimum absolute atomic E-state index is 0.0758. The summed E-state index contributed by atoms with van der Waals surface area (Å²) in [6.45, 7) is 0. The Balaban J connectivity index is 1.56. The number of benzene rings is 1. The maximum absolute atomic E-state index is 4.28. The highest BCUT2D eigenvalue weighted by molar-refractivity contribution is 5.72. The molecule has 1 atom stereocenters. The number of nitrogens with zero attached hydrogens (tertiary/aromatic N) is 1. The van der Waals surface area contributed by atoms with E-state index in [1.54, 1.807) is 6.33 Å². The summed E-state index contributed by atoms with van der Waals surface area (Å²) in [5.74, 6) is 0.645. The Labute approximate surface area is 147 Å². The molecule has 1 unspecified atom stereocenters. The van der Waals surface area contributed by atoms with E-state index in [2.05, 4.69) is 76.0 Å². The quantitative estimate of drug-likeness (QED) is 0.873. The monoisotopic (exact) mass is 327 g/mol. The highest BCUT2D eigenvalue weighted by Crippen LogP contribution is 2.48. The smallest absolute Gasteiger partial charge is 0.0922 e. The van der Waals surface area contributed by atoms with E-state index in [1.165, 1.54) is 41.8 Å². The van der Waals surface area contributed by atoms with Crippen LogP contribution in [0.3, 0.4) is 0 Å². The normalized spacial score (nSPS) is 25.2. The predicted molar refractivity (Wildman–Crippen MR) is 100 cm³/mol. The van der Waals surface area contributed by atoms with E-state index in [9.17, 15) is 0 Å². The van der Waals surface area contributed by atoms with Crippen molar-refractivity contribution in [3.63, 3.8) is 0 Å². The van der Waals surface area contributed by atoms with Gasteiger partial charge in [-0.3, -0.25) is 0 Å². The first-order valence-corrected chi connectivity index (χ1v) is 9.01. The molecule has 3 nitrogen and oxygen atoms in total. The third-order valence-corrected chi connectivity index (χ3v) is 5.76. The van der Waals surface area contributed by atoms with Crippen molar-refractivity contribution in [2.45, 2.75) is 24.7 Å². The van der Waals surface area contributed by atoms with Crippen molar-refractivity contribution < 1.29 is 0 Å². The van der Waals surface area contributed by atoms with Gasteiger partial charge in [0.15, 0.2) is 0 Å². The minimum Gasteiger partial charge on any atom is -0.355 e. The summed E-state index contributed by atoms with van der Waals surface area (Å²) in [5, 5.41) is 3.66. The fourth-order valence-corrected chi connectivity index (χ4v) is 4.11. The summed E-state index contributed by atoms with van der Waals surface area (Å²) in [5.41, 5.74) is 5.92. The number of dihydropyridines is 1. The standard InChI is InChI=1S/C22H21N3/c1-2-5-16(6-3-1)19-10-9-17-11-12-22(13-20(17)25-19,18-7-4-8-18)21-14-23-15-24-21/h1-3,5-6,9-15,18,25H,4,7-8H2,(H,23,24). The molecular weight excluding hydrogens is 306 g/mol. The molecule has 1 aromatic carbocycles. The molecule has 25 heavy (non-hydrogen) atoms. The van der Waals surface area contributed by atoms with Crippen LogP contribution in [0.4, 0.5) is 0 Å². The van der Waals surface area contributed by atoms with Crippen LogP contribution >= 0.6 is 0 Å². The molecule has 0 bridgehead atoms. The van der Waals surface area contributed by atoms with E-state index in [1.807, 2.05) is 6.20 Å². The van der Waals surface area contributed by atoms with Crippen molar-refractivity contribution in [3.8, 4) is 0 Å². The van der Waals surface area contributed by atoms with E-state index in [0.29, 0.717) is 5.92 Å². The van der Waals surface area contributed by atoms with E-state index in [4.69, 9.17) is 0 Å². The van der Waals surface area contributed by atoms with E-state index >= 15 is 0 Å². The van der Waals surface area contributed by atoms with Crippen molar-refractivity contribution in [2.75, 3.05) is 0 Å². The van der Waals surface area contributed by atoms with Gasteiger partial charge in [0.1, 0.15) is 0 Å². The van der Waals surface area contributed by atoms with Crippen LogP contribution in [0.2, 0.25) is 0 Å². The Morgan fingerprint density at radius 3 is 2.64 bits per heavy atom. The molecule has 1 aromatic heterocycles. The van der Waals surface area contributed by atoms with Gasteiger partial charge in [0.2, 0.25) is 0 Å². The largest absolute Gasteiger partial charge is 0.355 e. The molecule has 0 amide bonds. The minimum atomic E-state index is -0.0758. The zero-order valence-corrected chi connectivity index (χ0v) is 14.1. The zero-order valence-electron chi connectivity index (χ0n) is 14.1. The lowest BCUT2D eigenvalue weighted by atomic mass is 9.61. The van der Waals surface area contributed by atoms with Crippen LogP contribution in [0.15, 0.2) is 84.5 Å². The van der Waals surface area contributed by atoms with E-state index < -0.39 is 0 Å². The fourth-order valence-electron chi connectivity index (χ4n) is 4.11. The second-order valence-electron chi connectivity index (χ2n) is 7.11. The van der Waals surface area contributed by atoms with Crippen molar-refractivity contribution in [2.24, 2.45) is 5.92 Å². The summed E-state index contributed by atoms with van der Waals surface area (Å²) in [7, 11) is 0. The number of hydrogen-bond donors (Lipinski definition) is 2. The van der Waals surface area contributed by atoms with Crippen LogP contribution < -0.4 is 5.32 Å². The van der Waals surface area contributed by atoms with Gasteiger partial charge in [-0.1, -0.05) is 55.0 Å². The van der Waals surface area contributed by atoms with E-state index in [0.717, 1.165) is 5.70 Å². The Morgan fingerprint density at radius 2 is 1.92 bits per heavy atom. The number of aromatic nitrogens is 2. The molecule has 5 rings (SSSR count). The van der Waals surface area contributed by atoms with Gasteiger partial charge in [0.25, 0.3) is 0 Å².